The molecule has 0 aliphatic carbocycles. The Bertz CT molecular complexity index is 630. The normalized spacial score (nSPS) is 21.8. The van der Waals surface area contributed by atoms with Crippen LogP contribution in [0.4, 0.5) is 0 Å². The first-order chi connectivity index (χ1) is 13.8. The van der Waals surface area contributed by atoms with E-state index in [9.17, 15) is 9.90 Å². The number of likely N-dealkylation sites (tertiary alicyclic amines) is 2. The van der Waals surface area contributed by atoms with Crippen LogP contribution in [0.15, 0.2) is 24.4 Å². The van der Waals surface area contributed by atoms with Gasteiger partial charge in [0.2, 0.25) is 5.91 Å². The van der Waals surface area contributed by atoms with Crippen molar-refractivity contribution in [2.45, 2.75) is 77.1 Å². The van der Waals surface area contributed by atoms with Crippen molar-refractivity contribution >= 4 is 5.91 Å². The Morgan fingerprint density at radius 2 is 1.90 bits per heavy atom. The van der Waals surface area contributed by atoms with Gasteiger partial charge in [0.15, 0.2) is 0 Å². The minimum absolute atomic E-state index is 0.127. The van der Waals surface area contributed by atoms with Crippen molar-refractivity contribution in [2.75, 3.05) is 26.2 Å². The lowest BCUT2D eigenvalue weighted by atomic mass is 9.92. The summed E-state index contributed by atoms with van der Waals surface area (Å²) in [6.45, 7) is 10.8. The van der Waals surface area contributed by atoms with E-state index >= 15 is 0 Å². The van der Waals surface area contributed by atoms with E-state index in [1.807, 2.05) is 32.0 Å². The summed E-state index contributed by atoms with van der Waals surface area (Å²) in [5.41, 5.74) is 0.304. The van der Waals surface area contributed by atoms with E-state index in [0.717, 1.165) is 51.1 Å². The molecule has 1 amide bonds. The zero-order chi connectivity index (χ0) is 20.9. The lowest BCUT2D eigenvalue weighted by Gasteiger charge is -2.43. The van der Waals surface area contributed by atoms with E-state index < -0.39 is 5.60 Å². The van der Waals surface area contributed by atoms with Crippen molar-refractivity contribution < 1.29 is 9.90 Å². The molecule has 1 aromatic heterocycles. The maximum atomic E-state index is 12.5. The lowest BCUT2D eigenvalue weighted by molar-refractivity contribution is -0.127. The molecule has 1 aromatic rings. The summed E-state index contributed by atoms with van der Waals surface area (Å²) in [5.74, 6) is 0.299. The number of piperidine rings is 2. The summed E-state index contributed by atoms with van der Waals surface area (Å²) < 4.78 is 0. The van der Waals surface area contributed by atoms with Gasteiger partial charge >= 0.3 is 0 Å². The SMILES string of the molecule is CC(CC(C)(C)O)N1CCC(N2CCC(C(=O)NCc3ccccn3)CC2)CC1. The van der Waals surface area contributed by atoms with E-state index in [-0.39, 0.29) is 11.8 Å². The van der Waals surface area contributed by atoms with Crippen molar-refractivity contribution in [3.8, 4) is 0 Å². The maximum Gasteiger partial charge on any atom is 0.223 e. The van der Waals surface area contributed by atoms with Gasteiger partial charge in [-0.3, -0.25) is 9.78 Å². The molecule has 2 N–H and O–H groups in total. The third kappa shape index (κ3) is 6.76. The maximum absolute atomic E-state index is 12.5. The highest BCUT2D eigenvalue weighted by molar-refractivity contribution is 5.78. The van der Waals surface area contributed by atoms with Crippen LogP contribution in [0.3, 0.4) is 0 Å². The third-order valence-corrected chi connectivity index (χ3v) is 6.50. The molecule has 3 heterocycles. The predicted octanol–water partition coefficient (Wildman–Crippen LogP) is 2.42. The molecule has 2 saturated heterocycles. The number of carbonyl (C=O) groups is 1. The number of nitrogens with one attached hydrogen (secondary N) is 1. The van der Waals surface area contributed by atoms with Gasteiger partial charge in [-0.15, -0.1) is 0 Å². The van der Waals surface area contributed by atoms with Crippen LogP contribution in [0, 0.1) is 5.92 Å². The summed E-state index contributed by atoms with van der Waals surface area (Å²) >= 11 is 0. The fourth-order valence-corrected chi connectivity index (χ4v) is 4.90. The highest BCUT2D eigenvalue weighted by Gasteiger charge is 2.32. The minimum atomic E-state index is -0.602. The van der Waals surface area contributed by atoms with Crippen LogP contribution in [0.2, 0.25) is 0 Å². The van der Waals surface area contributed by atoms with Gasteiger partial charge < -0.3 is 20.2 Å². The summed E-state index contributed by atoms with van der Waals surface area (Å²) in [4.78, 5) is 21.9. The number of hydrogen-bond acceptors (Lipinski definition) is 5. The molecule has 1 unspecified atom stereocenters. The Morgan fingerprint density at radius 3 is 2.48 bits per heavy atom. The van der Waals surface area contributed by atoms with E-state index in [1.165, 1.54) is 12.8 Å². The van der Waals surface area contributed by atoms with Crippen LogP contribution in [0.25, 0.3) is 0 Å². The number of amides is 1. The van der Waals surface area contributed by atoms with Crippen LogP contribution >= 0.6 is 0 Å². The molecule has 2 aliphatic heterocycles. The van der Waals surface area contributed by atoms with Gasteiger partial charge in [0.05, 0.1) is 17.8 Å². The van der Waals surface area contributed by atoms with Crippen molar-refractivity contribution in [3.63, 3.8) is 0 Å². The van der Waals surface area contributed by atoms with Crippen LogP contribution < -0.4 is 5.32 Å². The quantitative estimate of drug-likeness (QED) is 0.733. The number of aromatic nitrogens is 1. The highest BCUT2D eigenvalue weighted by atomic mass is 16.3. The standard InChI is InChI=1S/C23H38N4O2/c1-18(16-23(2,3)29)26-14-9-21(10-15-26)27-12-7-19(8-13-27)22(28)25-17-20-6-4-5-11-24-20/h4-6,11,18-19,21,29H,7-10,12-17H2,1-3H3,(H,25,28). The molecule has 0 aromatic carbocycles. The second kappa shape index (κ2) is 10.0. The molecule has 0 spiro atoms. The molecule has 6 nitrogen and oxygen atoms in total. The van der Waals surface area contributed by atoms with Crippen molar-refractivity contribution in [1.29, 1.82) is 0 Å². The first-order valence-electron chi connectivity index (χ1n) is 11.2. The van der Waals surface area contributed by atoms with Gasteiger partial charge in [0, 0.05) is 24.2 Å². The summed E-state index contributed by atoms with van der Waals surface area (Å²) in [5, 5.41) is 13.1. The third-order valence-electron chi connectivity index (χ3n) is 6.50. The van der Waals surface area contributed by atoms with Crippen molar-refractivity contribution in [3.05, 3.63) is 30.1 Å². The molecule has 162 valence electrons. The number of pyridine rings is 1. The topological polar surface area (TPSA) is 68.7 Å². The van der Waals surface area contributed by atoms with Gasteiger partial charge in [-0.05, 0) is 91.2 Å². The first-order valence-corrected chi connectivity index (χ1v) is 11.2. The zero-order valence-corrected chi connectivity index (χ0v) is 18.3. The van der Waals surface area contributed by atoms with Crippen LogP contribution in [-0.2, 0) is 11.3 Å². The molecular formula is C23H38N4O2. The molecule has 0 saturated carbocycles. The molecule has 0 radical (unpaired) electrons. The highest BCUT2D eigenvalue weighted by Crippen LogP contribution is 2.26. The van der Waals surface area contributed by atoms with E-state index in [2.05, 4.69) is 27.0 Å². The minimum Gasteiger partial charge on any atom is -0.390 e. The summed E-state index contributed by atoms with van der Waals surface area (Å²) in [7, 11) is 0. The van der Waals surface area contributed by atoms with E-state index in [1.54, 1.807) is 6.20 Å². The smallest absolute Gasteiger partial charge is 0.223 e. The Labute approximate surface area is 175 Å². The second-order valence-corrected chi connectivity index (χ2v) is 9.48. The monoisotopic (exact) mass is 402 g/mol. The number of aliphatic hydroxyl groups is 1. The molecule has 2 aliphatic rings. The molecular weight excluding hydrogens is 364 g/mol. The zero-order valence-electron chi connectivity index (χ0n) is 18.3. The largest absolute Gasteiger partial charge is 0.390 e. The van der Waals surface area contributed by atoms with Crippen molar-refractivity contribution in [1.82, 2.24) is 20.1 Å². The lowest BCUT2D eigenvalue weighted by Crippen LogP contribution is -2.51. The van der Waals surface area contributed by atoms with E-state index in [0.29, 0.717) is 18.6 Å². The summed E-state index contributed by atoms with van der Waals surface area (Å²) in [6, 6.07) is 6.84. The first kappa shape index (κ1) is 22.2. The number of rotatable bonds is 7. The van der Waals surface area contributed by atoms with Gasteiger partial charge in [-0.1, -0.05) is 6.07 Å². The van der Waals surface area contributed by atoms with Gasteiger partial charge in [-0.25, -0.2) is 0 Å². The molecule has 1 atom stereocenters. The Morgan fingerprint density at radius 1 is 1.21 bits per heavy atom. The molecule has 29 heavy (non-hydrogen) atoms. The molecule has 3 rings (SSSR count). The number of carbonyl (C=O) groups excluding carboxylic acids is 1. The van der Waals surface area contributed by atoms with Gasteiger partial charge in [0.1, 0.15) is 0 Å². The molecule has 6 heteroatoms. The van der Waals surface area contributed by atoms with Crippen molar-refractivity contribution in [2.24, 2.45) is 5.92 Å². The Hall–Kier alpha value is -1.50. The fraction of sp³-hybridized carbons (Fsp3) is 0.739. The van der Waals surface area contributed by atoms with Crippen LogP contribution in [0.1, 0.15) is 58.6 Å². The predicted molar refractivity (Wildman–Crippen MR) is 115 cm³/mol. The Kier molecular flexibility index (Phi) is 7.66. The van der Waals surface area contributed by atoms with Gasteiger partial charge in [0.25, 0.3) is 0 Å². The number of nitrogens with zero attached hydrogens (tertiary/aromatic N) is 3. The van der Waals surface area contributed by atoms with E-state index in [4.69, 9.17) is 0 Å². The average Bonchev–Trinajstić information content (AvgIpc) is 2.72. The van der Waals surface area contributed by atoms with Crippen LogP contribution in [-0.4, -0.2) is 69.7 Å². The molecule has 0 bridgehead atoms. The number of hydrogen-bond donors (Lipinski definition) is 2. The average molecular weight is 403 g/mol. The second-order valence-electron chi connectivity index (χ2n) is 9.48. The molecule has 2 fully saturated rings. The fourth-order valence-electron chi connectivity index (χ4n) is 4.90. The summed E-state index contributed by atoms with van der Waals surface area (Å²) in [6.07, 6.45) is 6.85. The Balaban J connectivity index is 1.37. The van der Waals surface area contributed by atoms with Gasteiger partial charge in [-0.2, -0.15) is 0 Å². The van der Waals surface area contributed by atoms with Crippen LogP contribution in [0.5, 0.6) is 0 Å².